The van der Waals surface area contributed by atoms with Crippen LogP contribution >= 0.6 is 0 Å². The normalized spacial score (nSPS) is 17.7. The van der Waals surface area contributed by atoms with Crippen molar-refractivity contribution in [2.75, 3.05) is 17.4 Å². The van der Waals surface area contributed by atoms with Crippen LogP contribution in [0.25, 0.3) is 0 Å². The third kappa shape index (κ3) is 9.05. The highest BCUT2D eigenvalue weighted by atomic mass is 32.2. The van der Waals surface area contributed by atoms with Crippen molar-refractivity contribution in [3.63, 3.8) is 0 Å². The molecular weight excluding hydrogens is 522 g/mol. The van der Waals surface area contributed by atoms with Crippen molar-refractivity contribution >= 4 is 33.6 Å². The Hall–Kier alpha value is -3.48. The first-order valence-electron chi connectivity index (χ1n) is 13.0. The van der Waals surface area contributed by atoms with Gasteiger partial charge in [0.1, 0.15) is 18.3 Å². The smallest absolute Gasteiger partial charge is 0.303 e. The van der Waals surface area contributed by atoms with E-state index in [0.717, 1.165) is 29.1 Å². The Morgan fingerprint density at radius 3 is 2.28 bits per heavy atom. The molecule has 11 nitrogen and oxygen atoms in total. The number of benzene rings is 2. The number of hydrogen-bond acceptors (Lipinski definition) is 6. The number of aliphatic hydroxyl groups is 1. The Balaban J connectivity index is 1.81. The summed E-state index contributed by atoms with van der Waals surface area (Å²) in [7, 11) is -3.90. The van der Waals surface area contributed by atoms with Gasteiger partial charge in [-0.15, -0.1) is 0 Å². The second kappa shape index (κ2) is 14.1. The van der Waals surface area contributed by atoms with E-state index in [2.05, 4.69) is 27.6 Å². The number of nitrogens with zero attached hydrogens (tertiary/aromatic N) is 1. The molecule has 3 atom stereocenters. The number of unbranched alkanes of at least 4 members (excludes halogenated alkanes) is 2. The SMILES string of the molecule is CCCCCNC(=O)[C@H](Cc1cccc(N2CC(O)NS2(=O)=O)c1)NC(=O)[C@H](Cc1ccccc1)NC(C)=O. The maximum atomic E-state index is 13.3. The molecule has 1 fully saturated rings. The van der Waals surface area contributed by atoms with Crippen molar-refractivity contribution in [1.82, 2.24) is 20.7 Å². The average Bonchev–Trinajstić information content (AvgIpc) is 3.17. The highest BCUT2D eigenvalue weighted by molar-refractivity contribution is 7.91. The van der Waals surface area contributed by atoms with Gasteiger partial charge in [0.25, 0.3) is 0 Å². The number of amides is 3. The van der Waals surface area contributed by atoms with Crippen molar-refractivity contribution in [1.29, 1.82) is 0 Å². The lowest BCUT2D eigenvalue weighted by molar-refractivity contribution is -0.131. The lowest BCUT2D eigenvalue weighted by Crippen LogP contribution is -2.55. The topological polar surface area (TPSA) is 157 Å². The molecule has 5 N–H and O–H groups in total. The first-order chi connectivity index (χ1) is 18.6. The lowest BCUT2D eigenvalue weighted by Gasteiger charge is -2.24. The second-order valence-electron chi connectivity index (χ2n) is 9.55. The van der Waals surface area contributed by atoms with Crippen molar-refractivity contribution in [2.45, 2.75) is 64.3 Å². The third-order valence-corrected chi connectivity index (χ3v) is 7.75. The van der Waals surface area contributed by atoms with Crippen molar-refractivity contribution in [2.24, 2.45) is 0 Å². The van der Waals surface area contributed by atoms with Gasteiger partial charge in [-0.1, -0.05) is 62.2 Å². The van der Waals surface area contributed by atoms with E-state index in [1.165, 1.54) is 6.92 Å². The third-order valence-electron chi connectivity index (χ3n) is 6.24. The zero-order valence-electron chi connectivity index (χ0n) is 22.2. The first-order valence-corrected chi connectivity index (χ1v) is 14.5. The minimum Gasteiger partial charge on any atom is -0.376 e. The number of hydrogen-bond donors (Lipinski definition) is 5. The quantitative estimate of drug-likeness (QED) is 0.228. The number of nitrogens with one attached hydrogen (secondary N) is 4. The van der Waals surface area contributed by atoms with E-state index in [4.69, 9.17) is 0 Å². The molecule has 3 amide bonds. The van der Waals surface area contributed by atoms with E-state index >= 15 is 0 Å². The zero-order chi connectivity index (χ0) is 28.4. The van der Waals surface area contributed by atoms with Gasteiger partial charge < -0.3 is 21.1 Å². The van der Waals surface area contributed by atoms with Gasteiger partial charge in [-0.05, 0) is 29.7 Å². The fraction of sp³-hybridized carbons (Fsp3) is 0.444. The molecule has 1 saturated heterocycles. The minimum atomic E-state index is -3.90. The summed E-state index contributed by atoms with van der Waals surface area (Å²) >= 11 is 0. The maximum Gasteiger partial charge on any atom is 0.303 e. The molecule has 0 aromatic heterocycles. The lowest BCUT2D eigenvalue weighted by atomic mass is 10.0. The summed E-state index contributed by atoms with van der Waals surface area (Å²) in [4.78, 5) is 38.4. The molecular formula is C27H37N5O6S. The van der Waals surface area contributed by atoms with Crippen molar-refractivity contribution in [3.05, 3.63) is 65.7 Å². The van der Waals surface area contributed by atoms with Crippen LogP contribution in [0.15, 0.2) is 54.6 Å². The molecule has 1 aliphatic heterocycles. The summed E-state index contributed by atoms with van der Waals surface area (Å²) in [5.41, 5.74) is 1.78. The second-order valence-corrected chi connectivity index (χ2v) is 11.2. The van der Waals surface area contributed by atoms with E-state index in [0.29, 0.717) is 17.8 Å². The van der Waals surface area contributed by atoms with Gasteiger partial charge >= 0.3 is 10.2 Å². The Morgan fingerprint density at radius 2 is 1.64 bits per heavy atom. The highest BCUT2D eigenvalue weighted by Gasteiger charge is 2.34. The average molecular weight is 560 g/mol. The summed E-state index contributed by atoms with van der Waals surface area (Å²) in [6.07, 6.45) is 1.84. The van der Waals surface area contributed by atoms with Gasteiger partial charge in [0, 0.05) is 26.3 Å². The summed E-state index contributed by atoms with van der Waals surface area (Å²) in [6.45, 7) is 3.68. The maximum absolute atomic E-state index is 13.3. The van der Waals surface area contributed by atoms with E-state index < -0.39 is 34.4 Å². The standard InChI is InChI=1S/C27H37N5O6S/c1-3-4-8-14-28-26(35)23(30-27(36)24(29-19(2)33)16-20-10-6-5-7-11-20)17-21-12-9-13-22(15-21)32-18-25(34)31-39(32,37)38/h5-7,9-13,15,23-25,31,34H,3-4,8,14,16-18H2,1-2H3,(H,28,35)(H,29,33)(H,30,36)/t23-,24-,25?/m0/s1. The van der Waals surface area contributed by atoms with E-state index in [9.17, 15) is 27.9 Å². The van der Waals surface area contributed by atoms with Crippen LogP contribution in [0.2, 0.25) is 0 Å². The molecule has 1 aliphatic rings. The van der Waals surface area contributed by atoms with E-state index in [-0.39, 0.29) is 31.2 Å². The zero-order valence-corrected chi connectivity index (χ0v) is 23.0. The van der Waals surface area contributed by atoms with Crippen LogP contribution in [-0.4, -0.2) is 62.6 Å². The first kappa shape index (κ1) is 30.1. The molecule has 0 saturated carbocycles. The van der Waals surface area contributed by atoms with Gasteiger partial charge in [-0.3, -0.25) is 18.7 Å². The molecule has 0 aliphatic carbocycles. The molecule has 212 valence electrons. The molecule has 0 radical (unpaired) electrons. The Labute approximate surface area is 229 Å². The fourth-order valence-corrected chi connectivity index (χ4v) is 5.62. The predicted octanol–water partition coefficient (Wildman–Crippen LogP) is 0.741. The van der Waals surface area contributed by atoms with Crippen molar-refractivity contribution < 1.29 is 27.9 Å². The Bertz CT molecular complexity index is 1240. The number of carbonyl (C=O) groups excluding carboxylic acids is 3. The number of rotatable bonds is 13. The predicted molar refractivity (Wildman–Crippen MR) is 148 cm³/mol. The monoisotopic (exact) mass is 559 g/mol. The Morgan fingerprint density at radius 1 is 0.974 bits per heavy atom. The molecule has 2 aromatic carbocycles. The highest BCUT2D eigenvalue weighted by Crippen LogP contribution is 2.23. The van der Waals surface area contributed by atoms with Crippen LogP contribution < -0.4 is 25.0 Å². The van der Waals surface area contributed by atoms with Crippen LogP contribution in [0.1, 0.15) is 44.2 Å². The summed E-state index contributed by atoms with van der Waals surface area (Å²) in [6, 6.07) is 13.9. The summed E-state index contributed by atoms with van der Waals surface area (Å²) < 4.78 is 27.9. The Kier molecular flexibility index (Phi) is 10.8. The molecule has 2 aromatic rings. The number of β-amino-alcohol motifs (C(OH)–C–C–N with tert-alkyl or cyclic N) is 1. The number of carbonyl (C=O) groups is 3. The molecule has 12 heteroatoms. The molecule has 0 bridgehead atoms. The van der Waals surface area contributed by atoms with Gasteiger partial charge in [0.2, 0.25) is 17.7 Å². The minimum absolute atomic E-state index is 0.0845. The number of aliphatic hydroxyl groups excluding tert-OH is 1. The van der Waals surface area contributed by atoms with Gasteiger partial charge in [0.05, 0.1) is 12.2 Å². The van der Waals surface area contributed by atoms with Crippen LogP contribution in [0.3, 0.4) is 0 Å². The van der Waals surface area contributed by atoms with Gasteiger partial charge in [-0.25, -0.2) is 0 Å². The molecule has 1 unspecified atom stereocenters. The van der Waals surface area contributed by atoms with Crippen molar-refractivity contribution in [3.8, 4) is 0 Å². The summed E-state index contributed by atoms with van der Waals surface area (Å²) in [5.74, 6) is -1.26. The van der Waals surface area contributed by atoms with Gasteiger partial charge in [0.15, 0.2) is 0 Å². The largest absolute Gasteiger partial charge is 0.376 e. The van der Waals surface area contributed by atoms with Gasteiger partial charge in [-0.2, -0.15) is 13.1 Å². The van der Waals surface area contributed by atoms with Crippen LogP contribution in [0.4, 0.5) is 5.69 Å². The van der Waals surface area contributed by atoms with E-state index in [1.807, 2.05) is 30.3 Å². The van der Waals surface area contributed by atoms with Crippen LogP contribution in [-0.2, 0) is 37.4 Å². The summed E-state index contributed by atoms with van der Waals surface area (Å²) in [5, 5.41) is 18.1. The molecule has 1 heterocycles. The molecule has 0 spiro atoms. The van der Waals surface area contributed by atoms with Crippen LogP contribution in [0, 0.1) is 0 Å². The molecule has 39 heavy (non-hydrogen) atoms. The number of anilines is 1. The fourth-order valence-electron chi connectivity index (χ4n) is 4.34. The van der Waals surface area contributed by atoms with E-state index in [1.54, 1.807) is 24.3 Å². The molecule has 3 rings (SSSR count). The van der Waals surface area contributed by atoms with Crippen LogP contribution in [0.5, 0.6) is 0 Å².